The Morgan fingerprint density at radius 1 is 0.960 bits per heavy atom. The van der Waals surface area contributed by atoms with E-state index in [0.29, 0.717) is 29.8 Å². The molecule has 0 bridgehead atoms. The van der Waals surface area contributed by atoms with Crippen molar-refractivity contribution in [2.75, 3.05) is 20.2 Å². The average Bonchev–Trinajstić information content (AvgIpc) is 2.67. The van der Waals surface area contributed by atoms with Gasteiger partial charge in [-0.05, 0) is 36.1 Å². The number of hydrogen-bond donors (Lipinski definition) is 1. The molecule has 3 rings (SSSR count). The van der Waals surface area contributed by atoms with Crippen LogP contribution < -0.4 is 0 Å². The summed E-state index contributed by atoms with van der Waals surface area (Å²) in [6.45, 7) is 1.29. The van der Waals surface area contributed by atoms with E-state index in [1.807, 2.05) is 17.0 Å². The topological polar surface area (TPSA) is 66.8 Å². The Bertz CT molecular complexity index is 779. The molecule has 25 heavy (non-hydrogen) atoms. The van der Waals surface area contributed by atoms with Crippen molar-refractivity contribution >= 4 is 11.9 Å². The molecule has 0 atom stereocenters. The molecule has 0 saturated carbocycles. The lowest BCUT2D eigenvalue weighted by molar-refractivity contribution is 0.0351. The first kappa shape index (κ1) is 17.2. The highest BCUT2D eigenvalue weighted by Gasteiger charge is 2.25. The fraction of sp³-hybridized carbons (Fsp3) is 0.300. The van der Waals surface area contributed by atoms with E-state index in [9.17, 15) is 14.7 Å². The minimum Gasteiger partial charge on any atom is -0.478 e. The van der Waals surface area contributed by atoms with Crippen LogP contribution in [0.5, 0.6) is 0 Å². The van der Waals surface area contributed by atoms with Crippen LogP contribution in [0.4, 0.5) is 0 Å². The van der Waals surface area contributed by atoms with Gasteiger partial charge < -0.3 is 14.7 Å². The highest BCUT2D eigenvalue weighted by molar-refractivity contribution is 6.04. The number of rotatable bonds is 4. The summed E-state index contributed by atoms with van der Waals surface area (Å²) in [5.41, 5.74) is 1.94. The van der Waals surface area contributed by atoms with Gasteiger partial charge in [0.05, 0.1) is 11.7 Å². The molecule has 1 aliphatic rings. The van der Waals surface area contributed by atoms with E-state index in [0.717, 1.165) is 12.8 Å². The van der Waals surface area contributed by atoms with Gasteiger partial charge >= 0.3 is 5.97 Å². The van der Waals surface area contributed by atoms with Crippen molar-refractivity contribution in [3.05, 3.63) is 59.7 Å². The molecule has 0 aromatic heterocycles. The fourth-order valence-electron chi connectivity index (χ4n) is 3.27. The highest BCUT2D eigenvalue weighted by atomic mass is 16.5. The van der Waals surface area contributed by atoms with Crippen molar-refractivity contribution in [3.8, 4) is 11.1 Å². The molecule has 2 aromatic rings. The number of methoxy groups -OCH3 is 1. The molecule has 2 aromatic carbocycles. The van der Waals surface area contributed by atoms with Gasteiger partial charge in [0.2, 0.25) is 0 Å². The first-order valence-corrected chi connectivity index (χ1v) is 8.35. The van der Waals surface area contributed by atoms with Gasteiger partial charge in [0.25, 0.3) is 5.91 Å². The Labute approximate surface area is 146 Å². The number of likely N-dealkylation sites (tertiary alicyclic amines) is 1. The zero-order chi connectivity index (χ0) is 17.8. The summed E-state index contributed by atoms with van der Waals surface area (Å²) < 4.78 is 5.36. The number of carboxylic acid groups (broad SMARTS) is 1. The SMILES string of the molecule is COC1CCN(C(=O)c2ccccc2-c2ccccc2C(=O)O)CC1. The van der Waals surface area contributed by atoms with Crippen molar-refractivity contribution in [3.63, 3.8) is 0 Å². The van der Waals surface area contributed by atoms with Crippen LogP contribution in [0.15, 0.2) is 48.5 Å². The Hall–Kier alpha value is -2.66. The summed E-state index contributed by atoms with van der Waals surface area (Å²) in [7, 11) is 1.69. The van der Waals surface area contributed by atoms with Gasteiger partial charge in [-0.2, -0.15) is 0 Å². The third-order valence-electron chi connectivity index (χ3n) is 4.67. The normalized spacial score (nSPS) is 15.2. The Morgan fingerprint density at radius 3 is 2.04 bits per heavy atom. The van der Waals surface area contributed by atoms with E-state index < -0.39 is 5.97 Å². The summed E-state index contributed by atoms with van der Waals surface area (Å²) in [6.07, 6.45) is 1.83. The molecule has 1 amide bonds. The second kappa shape index (κ2) is 7.49. The average molecular weight is 339 g/mol. The molecular weight excluding hydrogens is 318 g/mol. The first-order valence-electron chi connectivity index (χ1n) is 8.35. The van der Waals surface area contributed by atoms with Gasteiger partial charge in [0, 0.05) is 25.8 Å². The molecule has 0 radical (unpaired) electrons. The predicted molar refractivity (Wildman–Crippen MR) is 94.8 cm³/mol. The Morgan fingerprint density at radius 2 is 1.48 bits per heavy atom. The third-order valence-corrected chi connectivity index (χ3v) is 4.67. The fourth-order valence-corrected chi connectivity index (χ4v) is 3.27. The number of aromatic carboxylic acids is 1. The van der Waals surface area contributed by atoms with Crippen molar-refractivity contribution < 1.29 is 19.4 Å². The number of nitrogens with zero attached hydrogens (tertiary/aromatic N) is 1. The van der Waals surface area contributed by atoms with Crippen LogP contribution in [0.1, 0.15) is 33.6 Å². The number of carbonyl (C=O) groups is 2. The zero-order valence-corrected chi connectivity index (χ0v) is 14.1. The second-order valence-corrected chi connectivity index (χ2v) is 6.12. The maximum atomic E-state index is 13.0. The van der Waals surface area contributed by atoms with Crippen LogP contribution in [-0.4, -0.2) is 48.2 Å². The molecule has 0 unspecified atom stereocenters. The van der Waals surface area contributed by atoms with Crippen LogP contribution in [0, 0.1) is 0 Å². The number of piperidine rings is 1. The summed E-state index contributed by atoms with van der Waals surface area (Å²) in [4.78, 5) is 26.4. The molecule has 1 fully saturated rings. The number of carbonyl (C=O) groups excluding carboxylic acids is 1. The van der Waals surface area contributed by atoms with Crippen LogP contribution in [0.3, 0.4) is 0 Å². The minimum atomic E-state index is -1.00. The monoisotopic (exact) mass is 339 g/mol. The van der Waals surface area contributed by atoms with Crippen LogP contribution in [-0.2, 0) is 4.74 Å². The second-order valence-electron chi connectivity index (χ2n) is 6.12. The molecular formula is C20H21NO4. The minimum absolute atomic E-state index is 0.0645. The number of amides is 1. The molecule has 5 heteroatoms. The summed E-state index contributed by atoms with van der Waals surface area (Å²) in [5.74, 6) is -1.07. The lowest BCUT2D eigenvalue weighted by Crippen LogP contribution is -2.40. The van der Waals surface area contributed by atoms with Gasteiger partial charge in [0.1, 0.15) is 0 Å². The van der Waals surface area contributed by atoms with E-state index in [4.69, 9.17) is 4.74 Å². The van der Waals surface area contributed by atoms with E-state index >= 15 is 0 Å². The van der Waals surface area contributed by atoms with Crippen LogP contribution >= 0.6 is 0 Å². The summed E-state index contributed by atoms with van der Waals surface area (Å²) >= 11 is 0. The molecule has 1 heterocycles. The van der Waals surface area contributed by atoms with Crippen LogP contribution in [0.2, 0.25) is 0 Å². The van der Waals surface area contributed by atoms with E-state index in [2.05, 4.69) is 0 Å². The van der Waals surface area contributed by atoms with Crippen molar-refractivity contribution in [1.82, 2.24) is 4.90 Å². The lowest BCUT2D eigenvalue weighted by atomic mass is 9.94. The van der Waals surface area contributed by atoms with Crippen molar-refractivity contribution in [2.45, 2.75) is 18.9 Å². The van der Waals surface area contributed by atoms with Crippen molar-refractivity contribution in [1.29, 1.82) is 0 Å². The van der Waals surface area contributed by atoms with Gasteiger partial charge in [0.15, 0.2) is 0 Å². The molecule has 1 aliphatic heterocycles. The summed E-state index contributed by atoms with van der Waals surface area (Å²) in [6, 6.07) is 14.0. The van der Waals surface area contributed by atoms with E-state index in [-0.39, 0.29) is 17.6 Å². The van der Waals surface area contributed by atoms with Gasteiger partial charge in [-0.3, -0.25) is 4.79 Å². The summed E-state index contributed by atoms with van der Waals surface area (Å²) in [5, 5.41) is 9.45. The Balaban J connectivity index is 1.95. The maximum Gasteiger partial charge on any atom is 0.336 e. The smallest absolute Gasteiger partial charge is 0.336 e. The molecule has 130 valence electrons. The highest BCUT2D eigenvalue weighted by Crippen LogP contribution is 2.29. The first-order chi connectivity index (χ1) is 12.1. The van der Waals surface area contributed by atoms with Crippen molar-refractivity contribution in [2.24, 2.45) is 0 Å². The third kappa shape index (κ3) is 3.56. The van der Waals surface area contributed by atoms with E-state index in [1.54, 1.807) is 43.5 Å². The number of ether oxygens (including phenoxy) is 1. The predicted octanol–water partition coefficient (Wildman–Crippen LogP) is 3.30. The van der Waals surface area contributed by atoms with Crippen LogP contribution in [0.25, 0.3) is 11.1 Å². The van der Waals surface area contributed by atoms with Gasteiger partial charge in [-0.1, -0.05) is 36.4 Å². The van der Waals surface area contributed by atoms with E-state index in [1.165, 1.54) is 0 Å². The molecule has 5 nitrogen and oxygen atoms in total. The zero-order valence-electron chi connectivity index (χ0n) is 14.1. The largest absolute Gasteiger partial charge is 0.478 e. The van der Waals surface area contributed by atoms with Gasteiger partial charge in [-0.25, -0.2) is 4.79 Å². The lowest BCUT2D eigenvalue weighted by Gasteiger charge is -2.31. The Kier molecular flexibility index (Phi) is 5.14. The number of benzene rings is 2. The maximum absolute atomic E-state index is 13.0. The molecule has 0 aliphatic carbocycles. The quantitative estimate of drug-likeness (QED) is 0.928. The molecule has 1 saturated heterocycles. The standard InChI is InChI=1S/C20H21NO4/c1-25-14-10-12-21(13-11-14)19(22)17-8-4-2-6-15(17)16-7-3-5-9-18(16)20(23)24/h2-9,14H,10-13H2,1H3,(H,23,24). The number of hydrogen-bond acceptors (Lipinski definition) is 3. The van der Waals surface area contributed by atoms with Gasteiger partial charge in [-0.15, -0.1) is 0 Å². The molecule has 0 spiro atoms. The molecule has 1 N–H and O–H groups in total. The number of carboxylic acids is 1.